The van der Waals surface area contributed by atoms with Crippen molar-refractivity contribution in [1.29, 1.82) is 0 Å². The van der Waals surface area contributed by atoms with E-state index in [1.54, 1.807) is 6.92 Å². The summed E-state index contributed by atoms with van der Waals surface area (Å²) in [4.78, 5) is 0. The molecule has 0 saturated heterocycles. The lowest BCUT2D eigenvalue weighted by Crippen LogP contribution is -2.01. The van der Waals surface area contributed by atoms with Gasteiger partial charge in [0.15, 0.2) is 0 Å². The van der Waals surface area contributed by atoms with E-state index in [-0.39, 0.29) is 0 Å². The van der Waals surface area contributed by atoms with Crippen LogP contribution in [0.4, 0.5) is 0 Å². The van der Waals surface area contributed by atoms with Gasteiger partial charge in [-0.15, -0.1) is 0 Å². The number of hydrogen-bond acceptors (Lipinski definition) is 2. The summed E-state index contributed by atoms with van der Waals surface area (Å²) in [6.07, 6.45) is -0.522. The number of aliphatic hydroxyl groups excluding tert-OH is 1. The highest BCUT2D eigenvalue weighted by Crippen LogP contribution is 2.27. The van der Waals surface area contributed by atoms with Crippen molar-refractivity contribution in [3.05, 3.63) is 62.7 Å². The van der Waals surface area contributed by atoms with Crippen molar-refractivity contribution >= 4 is 22.6 Å². The molecule has 100 valence electrons. The third kappa shape index (κ3) is 3.94. The Morgan fingerprint density at radius 1 is 1.16 bits per heavy atom. The Balaban J connectivity index is 2.13. The first kappa shape index (κ1) is 14.3. The van der Waals surface area contributed by atoms with Crippen LogP contribution in [0, 0.1) is 10.5 Å². The first-order valence-electron chi connectivity index (χ1n) is 6.22. The van der Waals surface area contributed by atoms with Gasteiger partial charge in [0.05, 0.1) is 6.10 Å². The van der Waals surface area contributed by atoms with Gasteiger partial charge in [-0.2, -0.15) is 0 Å². The molecule has 2 rings (SSSR count). The fourth-order valence-electron chi connectivity index (χ4n) is 1.87. The zero-order valence-electron chi connectivity index (χ0n) is 11.1. The first-order valence-corrected chi connectivity index (χ1v) is 7.30. The standard InChI is InChI=1S/C16H17IO2/c1-11-3-8-16(15(9-11)12(2)18)19-10-13-4-6-14(17)7-5-13/h3-9,12,18H,10H2,1-2H3/t12-/m1/s1. The maximum absolute atomic E-state index is 9.78. The maximum Gasteiger partial charge on any atom is 0.125 e. The lowest BCUT2D eigenvalue weighted by atomic mass is 10.1. The highest BCUT2D eigenvalue weighted by Gasteiger charge is 2.09. The van der Waals surface area contributed by atoms with Gasteiger partial charge in [-0.3, -0.25) is 0 Å². The Kier molecular flexibility index (Phi) is 4.82. The van der Waals surface area contributed by atoms with Crippen molar-refractivity contribution in [3.63, 3.8) is 0 Å². The SMILES string of the molecule is Cc1ccc(OCc2ccc(I)cc2)c([C@@H](C)O)c1. The maximum atomic E-state index is 9.78. The molecule has 0 fully saturated rings. The summed E-state index contributed by atoms with van der Waals surface area (Å²) in [6.45, 7) is 4.28. The van der Waals surface area contributed by atoms with Crippen LogP contribution in [-0.2, 0) is 6.61 Å². The molecule has 2 aromatic carbocycles. The second-order valence-corrected chi connectivity index (χ2v) is 5.88. The van der Waals surface area contributed by atoms with Gasteiger partial charge in [-0.1, -0.05) is 23.8 Å². The fraction of sp³-hybridized carbons (Fsp3) is 0.250. The lowest BCUT2D eigenvalue weighted by Gasteiger charge is -2.14. The Morgan fingerprint density at radius 3 is 2.47 bits per heavy atom. The average molecular weight is 368 g/mol. The summed E-state index contributed by atoms with van der Waals surface area (Å²) in [6, 6.07) is 14.1. The Labute approximate surface area is 127 Å². The molecule has 0 radical (unpaired) electrons. The molecular weight excluding hydrogens is 351 g/mol. The van der Waals surface area contributed by atoms with Crippen molar-refractivity contribution < 1.29 is 9.84 Å². The lowest BCUT2D eigenvalue weighted by molar-refractivity contribution is 0.190. The molecule has 0 aliphatic heterocycles. The van der Waals surface area contributed by atoms with E-state index >= 15 is 0 Å². The van der Waals surface area contributed by atoms with E-state index in [1.165, 1.54) is 3.57 Å². The molecule has 2 nitrogen and oxygen atoms in total. The number of ether oxygens (including phenoxy) is 1. The third-order valence-corrected chi connectivity index (χ3v) is 3.64. The fourth-order valence-corrected chi connectivity index (χ4v) is 2.23. The van der Waals surface area contributed by atoms with Crippen molar-refractivity contribution in [2.75, 3.05) is 0 Å². The second kappa shape index (κ2) is 6.39. The number of halogens is 1. The molecule has 1 atom stereocenters. The van der Waals surface area contributed by atoms with Gasteiger partial charge < -0.3 is 9.84 Å². The van der Waals surface area contributed by atoms with Gasteiger partial charge in [0.2, 0.25) is 0 Å². The molecule has 19 heavy (non-hydrogen) atoms. The zero-order chi connectivity index (χ0) is 13.8. The van der Waals surface area contributed by atoms with E-state index in [0.717, 1.165) is 22.4 Å². The van der Waals surface area contributed by atoms with Crippen LogP contribution in [0.2, 0.25) is 0 Å². The highest BCUT2D eigenvalue weighted by atomic mass is 127. The molecular formula is C16H17IO2. The Bertz CT molecular complexity index is 547. The molecule has 0 aliphatic carbocycles. The molecule has 0 saturated carbocycles. The van der Waals surface area contributed by atoms with E-state index in [2.05, 4.69) is 46.9 Å². The summed E-state index contributed by atoms with van der Waals surface area (Å²) in [5.41, 5.74) is 3.08. The summed E-state index contributed by atoms with van der Waals surface area (Å²) in [5.74, 6) is 0.749. The third-order valence-electron chi connectivity index (χ3n) is 2.92. The van der Waals surface area contributed by atoms with E-state index in [1.807, 2.05) is 25.1 Å². The van der Waals surface area contributed by atoms with E-state index in [9.17, 15) is 5.11 Å². The van der Waals surface area contributed by atoms with Crippen LogP contribution in [0.3, 0.4) is 0 Å². The van der Waals surface area contributed by atoms with Gasteiger partial charge in [-0.05, 0) is 66.3 Å². The van der Waals surface area contributed by atoms with Gasteiger partial charge in [0.1, 0.15) is 12.4 Å². The van der Waals surface area contributed by atoms with Crippen LogP contribution in [0.15, 0.2) is 42.5 Å². The van der Waals surface area contributed by atoms with Crippen LogP contribution in [0.1, 0.15) is 29.7 Å². The summed E-state index contributed by atoms with van der Waals surface area (Å²) in [5, 5.41) is 9.78. The van der Waals surface area contributed by atoms with Crippen molar-refractivity contribution in [3.8, 4) is 5.75 Å². The summed E-state index contributed by atoms with van der Waals surface area (Å²) >= 11 is 2.28. The number of benzene rings is 2. The zero-order valence-corrected chi connectivity index (χ0v) is 13.2. The minimum absolute atomic E-state index is 0.514. The minimum Gasteiger partial charge on any atom is -0.489 e. The molecule has 0 aliphatic rings. The smallest absolute Gasteiger partial charge is 0.125 e. The van der Waals surface area contributed by atoms with Crippen molar-refractivity contribution in [1.82, 2.24) is 0 Å². The first-order chi connectivity index (χ1) is 9.06. The molecule has 0 aromatic heterocycles. The number of rotatable bonds is 4. The molecule has 0 unspecified atom stereocenters. The predicted molar refractivity (Wildman–Crippen MR) is 85.3 cm³/mol. The number of aliphatic hydroxyl groups is 1. The van der Waals surface area contributed by atoms with Gasteiger partial charge in [0, 0.05) is 9.13 Å². The number of aryl methyl sites for hydroxylation is 1. The molecule has 2 aromatic rings. The second-order valence-electron chi connectivity index (χ2n) is 4.63. The van der Waals surface area contributed by atoms with Gasteiger partial charge >= 0.3 is 0 Å². The average Bonchev–Trinajstić information content (AvgIpc) is 2.39. The van der Waals surface area contributed by atoms with Crippen molar-refractivity contribution in [2.24, 2.45) is 0 Å². The largest absolute Gasteiger partial charge is 0.489 e. The van der Waals surface area contributed by atoms with Crippen LogP contribution >= 0.6 is 22.6 Å². The molecule has 0 heterocycles. The minimum atomic E-state index is -0.522. The van der Waals surface area contributed by atoms with E-state index in [4.69, 9.17) is 4.74 Å². The van der Waals surface area contributed by atoms with Crippen LogP contribution in [0.25, 0.3) is 0 Å². The van der Waals surface area contributed by atoms with Gasteiger partial charge in [-0.25, -0.2) is 0 Å². The van der Waals surface area contributed by atoms with Crippen LogP contribution in [0.5, 0.6) is 5.75 Å². The topological polar surface area (TPSA) is 29.5 Å². The molecule has 0 spiro atoms. The van der Waals surface area contributed by atoms with Gasteiger partial charge in [0.25, 0.3) is 0 Å². The monoisotopic (exact) mass is 368 g/mol. The van der Waals surface area contributed by atoms with Crippen LogP contribution in [-0.4, -0.2) is 5.11 Å². The summed E-state index contributed by atoms with van der Waals surface area (Å²) < 4.78 is 7.03. The summed E-state index contributed by atoms with van der Waals surface area (Å²) in [7, 11) is 0. The Hall–Kier alpha value is -1.07. The van der Waals surface area contributed by atoms with Crippen molar-refractivity contribution in [2.45, 2.75) is 26.6 Å². The predicted octanol–water partition coefficient (Wildman–Crippen LogP) is 4.23. The molecule has 3 heteroatoms. The van der Waals surface area contributed by atoms with E-state index < -0.39 is 6.10 Å². The Morgan fingerprint density at radius 2 is 1.84 bits per heavy atom. The molecule has 1 N–H and O–H groups in total. The quantitative estimate of drug-likeness (QED) is 0.819. The normalized spacial score (nSPS) is 12.2. The highest BCUT2D eigenvalue weighted by molar-refractivity contribution is 14.1. The van der Waals surface area contributed by atoms with Crippen LogP contribution < -0.4 is 4.74 Å². The number of hydrogen-bond donors (Lipinski definition) is 1. The molecule has 0 bridgehead atoms. The van der Waals surface area contributed by atoms with E-state index in [0.29, 0.717) is 6.61 Å². The molecule has 0 amide bonds.